The van der Waals surface area contributed by atoms with Gasteiger partial charge in [-0.05, 0) is 6.42 Å². The molecule has 1 N–H and O–H groups in total. The molecule has 0 unspecified atom stereocenters. The lowest BCUT2D eigenvalue weighted by molar-refractivity contribution is 0.0561. The van der Waals surface area contributed by atoms with E-state index in [-0.39, 0.29) is 0 Å². The van der Waals surface area contributed by atoms with Gasteiger partial charge in [-0.25, -0.2) is 4.79 Å². The van der Waals surface area contributed by atoms with E-state index in [9.17, 15) is 4.79 Å². The molecule has 0 rings (SSSR count). The topological polar surface area (TPSA) is 68.2 Å². The predicted octanol–water partition coefficient (Wildman–Crippen LogP) is 1.14. The van der Waals surface area contributed by atoms with Gasteiger partial charge in [0, 0.05) is 27.9 Å². The van der Waals surface area contributed by atoms with E-state index in [0.29, 0.717) is 6.54 Å². The van der Waals surface area contributed by atoms with E-state index in [1.807, 2.05) is 6.92 Å². The molecule has 0 aliphatic rings. The highest BCUT2D eigenvalue weighted by Gasteiger charge is 2.49. The zero-order valence-electron chi connectivity index (χ0n) is 9.65. The summed E-state index contributed by atoms with van der Waals surface area (Å²) in [5, 5.41) is 9.05. The SMILES string of the molecule is CCCCN(C(=O)O)[Si](OC)(OC)OC. The minimum absolute atomic E-state index is 0.355. The van der Waals surface area contributed by atoms with Gasteiger partial charge in [-0.2, -0.15) is 0 Å². The van der Waals surface area contributed by atoms with Gasteiger partial charge in [0.05, 0.1) is 0 Å². The molecule has 0 spiro atoms. The summed E-state index contributed by atoms with van der Waals surface area (Å²) in [4.78, 5) is 11.0. The van der Waals surface area contributed by atoms with Crippen molar-refractivity contribution < 1.29 is 23.2 Å². The summed E-state index contributed by atoms with van der Waals surface area (Å²) in [5.41, 5.74) is 0. The van der Waals surface area contributed by atoms with Gasteiger partial charge in [0.15, 0.2) is 0 Å². The van der Waals surface area contributed by atoms with Crippen molar-refractivity contribution in [1.82, 2.24) is 4.57 Å². The molecule has 0 aliphatic heterocycles. The van der Waals surface area contributed by atoms with Crippen LogP contribution in [-0.2, 0) is 13.3 Å². The second-order valence-electron chi connectivity index (χ2n) is 2.92. The van der Waals surface area contributed by atoms with Crippen molar-refractivity contribution in [1.29, 1.82) is 0 Å². The number of carbonyl (C=O) groups is 1. The van der Waals surface area contributed by atoms with Crippen LogP contribution in [0.15, 0.2) is 0 Å². The monoisotopic (exact) mass is 237 g/mol. The van der Waals surface area contributed by atoms with Crippen molar-refractivity contribution in [2.24, 2.45) is 0 Å². The van der Waals surface area contributed by atoms with Crippen molar-refractivity contribution >= 4 is 15.1 Å². The summed E-state index contributed by atoms with van der Waals surface area (Å²) in [6.45, 7) is 2.34. The van der Waals surface area contributed by atoms with Crippen molar-refractivity contribution in [3.05, 3.63) is 0 Å². The van der Waals surface area contributed by atoms with Crippen LogP contribution in [0.4, 0.5) is 4.79 Å². The lowest BCUT2D eigenvalue weighted by Gasteiger charge is -2.32. The number of hydrogen-bond donors (Lipinski definition) is 1. The number of unbranched alkanes of at least 4 members (excludes halogenated alkanes) is 1. The van der Waals surface area contributed by atoms with Crippen LogP contribution in [0.3, 0.4) is 0 Å². The molecule has 90 valence electrons. The summed E-state index contributed by atoms with van der Waals surface area (Å²) < 4.78 is 16.4. The van der Waals surface area contributed by atoms with Crippen LogP contribution < -0.4 is 0 Å². The standard InChI is InChI=1S/C8H19NO5Si/c1-5-6-7-9(8(10)11)15(12-2,13-3)14-4/h5-7H2,1-4H3,(H,10,11). The molecule has 0 saturated heterocycles. The number of carboxylic acid groups (broad SMARTS) is 1. The fourth-order valence-electron chi connectivity index (χ4n) is 1.25. The minimum Gasteiger partial charge on any atom is -0.465 e. The van der Waals surface area contributed by atoms with Gasteiger partial charge in [-0.15, -0.1) is 0 Å². The Morgan fingerprint density at radius 2 is 1.73 bits per heavy atom. The molecular formula is C8H19NO5Si. The first kappa shape index (κ1) is 14.4. The third-order valence-electron chi connectivity index (χ3n) is 2.07. The number of rotatable bonds is 7. The molecule has 0 saturated carbocycles. The van der Waals surface area contributed by atoms with Crippen molar-refractivity contribution in [2.75, 3.05) is 27.9 Å². The Kier molecular flexibility index (Phi) is 6.49. The number of amides is 1. The highest BCUT2D eigenvalue weighted by atomic mass is 28.4. The van der Waals surface area contributed by atoms with E-state index in [1.165, 1.54) is 21.3 Å². The first-order valence-electron chi connectivity index (χ1n) is 4.74. The van der Waals surface area contributed by atoms with E-state index in [1.54, 1.807) is 0 Å². The molecule has 0 aromatic carbocycles. The average Bonchev–Trinajstić information content (AvgIpc) is 2.24. The zero-order valence-corrected chi connectivity index (χ0v) is 10.6. The average molecular weight is 237 g/mol. The second-order valence-corrected chi connectivity index (χ2v) is 5.74. The molecular weight excluding hydrogens is 218 g/mol. The van der Waals surface area contributed by atoms with E-state index >= 15 is 0 Å². The Hall–Kier alpha value is -0.633. The van der Waals surface area contributed by atoms with Crippen LogP contribution in [0.25, 0.3) is 0 Å². The summed E-state index contributed by atoms with van der Waals surface area (Å²) in [6, 6.07) is 0. The lowest BCUT2D eigenvalue weighted by atomic mass is 10.3. The van der Waals surface area contributed by atoms with E-state index in [2.05, 4.69) is 0 Å². The van der Waals surface area contributed by atoms with E-state index in [4.69, 9.17) is 18.4 Å². The van der Waals surface area contributed by atoms with Crippen LogP contribution in [-0.4, -0.2) is 52.6 Å². The quantitative estimate of drug-likeness (QED) is 0.672. The molecule has 15 heavy (non-hydrogen) atoms. The Morgan fingerprint density at radius 3 is 2.00 bits per heavy atom. The van der Waals surface area contributed by atoms with Crippen LogP contribution in [0.2, 0.25) is 0 Å². The molecule has 6 nitrogen and oxygen atoms in total. The maximum atomic E-state index is 11.0. The highest BCUT2D eigenvalue weighted by Crippen LogP contribution is 2.14. The van der Waals surface area contributed by atoms with Crippen LogP contribution in [0, 0.1) is 0 Å². The smallest absolute Gasteiger partial charge is 0.465 e. The van der Waals surface area contributed by atoms with Crippen molar-refractivity contribution in [2.45, 2.75) is 19.8 Å². The maximum absolute atomic E-state index is 11.0. The lowest BCUT2D eigenvalue weighted by Crippen LogP contribution is -2.61. The first-order chi connectivity index (χ1) is 7.07. The molecule has 0 atom stereocenters. The molecule has 0 radical (unpaired) electrons. The molecule has 0 heterocycles. The second kappa shape index (κ2) is 6.78. The van der Waals surface area contributed by atoms with Crippen molar-refractivity contribution in [3.63, 3.8) is 0 Å². The Morgan fingerprint density at radius 1 is 1.27 bits per heavy atom. The normalized spacial score (nSPS) is 11.5. The van der Waals surface area contributed by atoms with Gasteiger partial charge in [0.2, 0.25) is 0 Å². The fourth-order valence-corrected chi connectivity index (χ4v) is 3.07. The maximum Gasteiger partial charge on any atom is 0.637 e. The first-order valence-corrected chi connectivity index (χ1v) is 6.41. The van der Waals surface area contributed by atoms with Crippen molar-refractivity contribution in [3.8, 4) is 0 Å². The Bertz CT molecular complexity index is 189. The minimum atomic E-state index is -3.21. The van der Waals surface area contributed by atoms with E-state index in [0.717, 1.165) is 17.4 Å². The molecule has 0 aromatic heterocycles. The summed E-state index contributed by atoms with van der Waals surface area (Å²) in [5.74, 6) is 0. The van der Waals surface area contributed by atoms with Gasteiger partial charge in [-0.3, -0.25) is 4.57 Å². The molecule has 7 heteroatoms. The molecule has 0 aliphatic carbocycles. The fraction of sp³-hybridized carbons (Fsp3) is 0.875. The summed E-state index contributed by atoms with van der Waals surface area (Å²) >= 11 is 0. The Balaban J connectivity index is 4.74. The summed E-state index contributed by atoms with van der Waals surface area (Å²) in [7, 11) is 0.957. The summed E-state index contributed by atoms with van der Waals surface area (Å²) in [6.07, 6.45) is 0.559. The molecule has 0 bridgehead atoms. The molecule has 1 amide bonds. The van der Waals surface area contributed by atoms with Crippen LogP contribution in [0.5, 0.6) is 0 Å². The Labute approximate surface area is 91.2 Å². The van der Waals surface area contributed by atoms with Gasteiger partial charge < -0.3 is 18.4 Å². The van der Waals surface area contributed by atoms with Gasteiger partial charge >= 0.3 is 15.1 Å². The molecule has 0 fully saturated rings. The van der Waals surface area contributed by atoms with Crippen LogP contribution >= 0.6 is 0 Å². The number of hydrogen-bond acceptors (Lipinski definition) is 4. The zero-order chi connectivity index (χ0) is 11.9. The highest BCUT2D eigenvalue weighted by molar-refractivity contribution is 6.60. The predicted molar refractivity (Wildman–Crippen MR) is 56.4 cm³/mol. The van der Waals surface area contributed by atoms with E-state index < -0.39 is 15.1 Å². The third kappa shape index (κ3) is 3.45. The largest absolute Gasteiger partial charge is 0.637 e. The number of nitrogens with zero attached hydrogens (tertiary/aromatic N) is 1. The van der Waals surface area contributed by atoms with Crippen LogP contribution in [0.1, 0.15) is 19.8 Å². The third-order valence-corrected chi connectivity index (χ3v) is 4.69. The van der Waals surface area contributed by atoms with Gasteiger partial charge in [0.1, 0.15) is 0 Å². The van der Waals surface area contributed by atoms with Gasteiger partial charge in [0.25, 0.3) is 0 Å². The van der Waals surface area contributed by atoms with Gasteiger partial charge in [-0.1, -0.05) is 13.3 Å². The molecule has 0 aromatic rings.